The Hall–Kier alpha value is -2.11. The number of hydrogen-bond acceptors (Lipinski definition) is 4. The third-order valence-corrected chi connectivity index (χ3v) is 4.63. The molecule has 0 saturated carbocycles. The van der Waals surface area contributed by atoms with Gasteiger partial charge in [0, 0.05) is 17.7 Å². The van der Waals surface area contributed by atoms with Gasteiger partial charge in [-0.3, -0.25) is 9.89 Å². The molecule has 23 heavy (non-hydrogen) atoms. The van der Waals surface area contributed by atoms with Crippen LogP contribution in [0.1, 0.15) is 59.7 Å². The Labute approximate surface area is 136 Å². The largest absolute Gasteiger partial charge is 0.361 e. The van der Waals surface area contributed by atoms with E-state index in [-0.39, 0.29) is 5.91 Å². The molecular formula is C17H24N4O2. The first-order chi connectivity index (χ1) is 11.1. The molecule has 0 aromatic carbocycles. The fourth-order valence-electron chi connectivity index (χ4n) is 3.24. The minimum Gasteiger partial charge on any atom is -0.361 e. The van der Waals surface area contributed by atoms with E-state index in [9.17, 15) is 4.79 Å². The minimum atomic E-state index is 0.0374. The van der Waals surface area contributed by atoms with Gasteiger partial charge in [0.15, 0.2) is 0 Å². The van der Waals surface area contributed by atoms with Crippen molar-refractivity contribution < 1.29 is 9.32 Å². The molecule has 2 heterocycles. The van der Waals surface area contributed by atoms with Crippen molar-refractivity contribution in [3.63, 3.8) is 0 Å². The highest BCUT2D eigenvalue weighted by Gasteiger charge is 2.16. The van der Waals surface area contributed by atoms with Crippen molar-refractivity contribution in [1.82, 2.24) is 20.7 Å². The molecule has 1 aliphatic rings. The quantitative estimate of drug-likeness (QED) is 0.830. The number of rotatable bonds is 5. The number of carbonyl (C=O) groups excluding carboxylic acids is 1. The molecule has 0 aliphatic heterocycles. The van der Waals surface area contributed by atoms with Crippen molar-refractivity contribution in [3.05, 3.63) is 34.0 Å². The lowest BCUT2D eigenvalue weighted by atomic mass is 10.1. The molecule has 2 aromatic heterocycles. The Balaban J connectivity index is 1.52. The molecule has 6 nitrogen and oxygen atoms in total. The molecule has 6 heteroatoms. The van der Waals surface area contributed by atoms with Gasteiger partial charge >= 0.3 is 0 Å². The second-order valence-electron chi connectivity index (χ2n) is 6.27. The first kappa shape index (κ1) is 15.8. The number of H-pyrrole nitrogens is 1. The van der Waals surface area contributed by atoms with Gasteiger partial charge in [-0.25, -0.2) is 0 Å². The summed E-state index contributed by atoms with van der Waals surface area (Å²) in [6, 6.07) is 0. The maximum atomic E-state index is 12.1. The average Bonchev–Trinajstić information content (AvgIpc) is 2.97. The number of aromatic amines is 1. The molecule has 0 atom stereocenters. The maximum Gasteiger partial charge on any atom is 0.220 e. The van der Waals surface area contributed by atoms with E-state index in [4.69, 9.17) is 4.52 Å². The molecule has 0 bridgehead atoms. The molecule has 1 amide bonds. The van der Waals surface area contributed by atoms with Crippen molar-refractivity contribution in [2.24, 2.45) is 0 Å². The second kappa shape index (κ2) is 6.98. The standard InChI is InChI=1S/C17H24N4O2/c1-11-13(12(2)23-21-11)8-9-17(22)18-10-16-14-6-4-3-5-7-15(14)19-20-16/h3-10H2,1-2H3,(H,18,22)(H,19,20). The lowest BCUT2D eigenvalue weighted by Gasteiger charge is -2.05. The smallest absolute Gasteiger partial charge is 0.220 e. The zero-order chi connectivity index (χ0) is 16.2. The molecule has 2 aromatic rings. The highest BCUT2D eigenvalue weighted by molar-refractivity contribution is 5.76. The van der Waals surface area contributed by atoms with Crippen LogP contribution in [0, 0.1) is 13.8 Å². The van der Waals surface area contributed by atoms with Crippen LogP contribution in [0.25, 0.3) is 0 Å². The van der Waals surface area contributed by atoms with E-state index in [0.717, 1.165) is 35.6 Å². The Morgan fingerprint density at radius 2 is 2.09 bits per heavy atom. The predicted octanol–water partition coefficient (Wildman–Crippen LogP) is 2.53. The summed E-state index contributed by atoms with van der Waals surface area (Å²) in [7, 11) is 0. The number of aromatic nitrogens is 3. The molecule has 124 valence electrons. The Kier molecular flexibility index (Phi) is 4.79. The zero-order valence-electron chi connectivity index (χ0n) is 13.9. The summed E-state index contributed by atoms with van der Waals surface area (Å²) in [6.07, 6.45) is 6.93. The van der Waals surface area contributed by atoms with Gasteiger partial charge in [0.1, 0.15) is 5.76 Å². The van der Waals surface area contributed by atoms with E-state index in [0.29, 0.717) is 19.4 Å². The van der Waals surface area contributed by atoms with E-state index < -0.39 is 0 Å². The van der Waals surface area contributed by atoms with Crippen LogP contribution >= 0.6 is 0 Å². The Bertz CT molecular complexity index is 667. The number of carbonyl (C=O) groups is 1. The van der Waals surface area contributed by atoms with Crippen molar-refractivity contribution >= 4 is 5.91 Å². The number of hydrogen-bond donors (Lipinski definition) is 2. The summed E-state index contributed by atoms with van der Waals surface area (Å²) in [5.41, 5.74) is 5.46. The third kappa shape index (κ3) is 3.63. The second-order valence-corrected chi connectivity index (χ2v) is 6.27. The fourth-order valence-corrected chi connectivity index (χ4v) is 3.24. The van der Waals surface area contributed by atoms with Crippen LogP contribution in [0.3, 0.4) is 0 Å². The van der Waals surface area contributed by atoms with Crippen molar-refractivity contribution in [2.45, 2.75) is 65.3 Å². The normalized spacial score (nSPS) is 14.3. The first-order valence-corrected chi connectivity index (χ1v) is 8.38. The summed E-state index contributed by atoms with van der Waals surface area (Å²) >= 11 is 0. The van der Waals surface area contributed by atoms with Crippen LogP contribution in [-0.4, -0.2) is 21.3 Å². The van der Waals surface area contributed by atoms with Gasteiger partial charge in [-0.2, -0.15) is 5.10 Å². The van der Waals surface area contributed by atoms with Crippen LogP contribution in [-0.2, 0) is 30.6 Å². The summed E-state index contributed by atoms with van der Waals surface area (Å²) < 4.78 is 5.12. The molecular weight excluding hydrogens is 292 g/mol. The molecule has 0 spiro atoms. The average molecular weight is 316 g/mol. The number of aryl methyl sites for hydroxylation is 3. The first-order valence-electron chi connectivity index (χ1n) is 8.38. The van der Waals surface area contributed by atoms with Gasteiger partial charge in [-0.15, -0.1) is 0 Å². The molecule has 0 saturated heterocycles. The number of fused-ring (bicyclic) bond motifs is 1. The van der Waals surface area contributed by atoms with Crippen LogP contribution in [0.15, 0.2) is 4.52 Å². The fraction of sp³-hybridized carbons (Fsp3) is 0.588. The van der Waals surface area contributed by atoms with Crippen LogP contribution in [0.2, 0.25) is 0 Å². The molecule has 3 rings (SSSR count). The third-order valence-electron chi connectivity index (χ3n) is 4.63. The van der Waals surface area contributed by atoms with Crippen molar-refractivity contribution in [2.75, 3.05) is 0 Å². The lowest BCUT2D eigenvalue weighted by Crippen LogP contribution is -2.24. The Morgan fingerprint density at radius 1 is 1.26 bits per heavy atom. The van der Waals surface area contributed by atoms with Crippen molar-refractivity contribution in [3.8, 4) is 0 Å². The molecule has 0 unspecified atom stereocenters. The lowest BCUT2D eigenvalue weighted by molar-refractivity contribution is -0.121. The van der Waals surface area contributed by atoms with Crippen LogP contribution in [0.4, 0.5) is 0 Å². The maximum absolute atomic E-state index is 12.1. The number of nitrogens with zero attached hydrogens (tertiary/aromatic N) is 2. The summed E-state index contributed by atoms with van der Waals surface area (Å²) in [5.74, 6) is 0.836. The van der Waals surface area contributed by atoms with Crippen LogP contribution < -0.4 is 5.32 Å². The van der Waals surface area contributed by atoms with Gasteiger partial charge in [0.05, 0.1) is 17.9 Å². The van der Waals surface area contributed by atoms with E-state index in [1.807, 2.05) is 13.8 Å². The summed E-state index contributed by atoms with van der Waals surface area (Å²) in [6.45, 7) is 4.29. The van der Waals surface area contributed by atoms with Gasteiger partial charge in [-0.1, -0.05) is 11.6 Å². The number of amides is 1. The van der Waals surface area contributed by atoms with E-state index in [2.05, 4.69) is 20.7 Å². The van der Waals surface area contributed by atoms with Gasteiger partial charge in [0.25, 0.3) is 0 Å². The molecule has 1 aliphatic carbocycles. The topological polar surface area (TPSA) is 83.8 Å². The summed E-state index contributed by atoms with van der Waals surface area (Å²) in [4.78, 5) is 12.1. The Morgan fingerprint density at radius 3 is 2.87 bits per heavy atom. The van der Waals surface area contributed by atoms with Gasteiger partial charge in [0.2, 0.25) is 5.91 Å². The van der Waals surface area contributed by atoms with Gasteiger partial charge < -0.3 is 9.84 Å². The number of nitrogens with one attached hydrogen (secondary N) is 2. The molecule has 2 N–H and O–H groups in total. The van der Waals surface area contributed by atoms with Gasteiger partial charge in [-0.05, 0) is 51.5 Å². The predicted molar refractivity (Wildman–Crippen MR) is 86.0 cm³/mol. The SMILES string of the molecule is Cc1noc(C)c1CCC(=O)NCc1n[nH]c2c1CCCCC2. The summed E-state index contributed by atoms with van der Waals surface area (Å²) in [5, 5.41) is 14.4. The highest BCUT2D eigenvalue weighted by atomic mass is 16.5. The minimum absolute atomic E-state index is 0.0374. The van der Waals surface area contributed by atoms with E-state index in [1.165, 1.54) is 30.5 Å². The van der Waals surface area contributed by atoms with E-state index in [1.54, 1.807) is 0 Å². The zero-order valence-corrected chi connectivity index (χ0v) is 13.9. The molecule has 0 radical (unpaired) electrons. The van der Waals surface area contributed by atoms with E-state index >= 15 is 0 Å². The van der Waals surface area contributed by atoms with Crippen LogP contribution in [0.5, 0.6) is 0 Å². The molecule has 0 fully saturated rings. The van der Waals surface area contributed by atoms with Crippen molar-refractivity contribution in [1.29, 1.82) is 0 Å². The monoisotopic (exact) mass is 316 g/mol. The highest BCUT2D eigenvalue weighted by Crippen LogP contribution is 2.21.